The van der Waals surface area contributed by atoms with Crippen LogP contribution in [0, 0.1) is 0 Å². The SMILES string of the molecule is CN(C)c1ccc2c(c1)Sc1cc(N(C)C)cc(C(=O)NCC(=O)O)c1N2.[H-].[Na+]. The molecule has 0 unspecified atom stereocenters. The number of hydrogen-bond acceptors (Lipinski definition) is 6. The van der Waals surface area contributed by atoms with Gasteiger partial charge in [-0.3, -0.25) is 9.59 Å². The van der Waals surface area contributed by atoms with Gasteiger partial charge in [-0.2, -0.15) is 0 Å². The number of aliphatic carboxylic acids is 1. The molecule has 0 atom stereocenters. The maximum absolute atomic E-state index is 12.6. The quantitative estimate of drug-likeness (QED) is 0.509. The van der Waals surface area contributed by atoms with E-state index in [4.69, 9.17) is 5.11 Å². The fourth-order valence-corrected chi connectivity index (χ4v) is 3.82. The van der Waals surface area contributed by atoms with Crippen molar-refractivity contribution in [2.75, 3.05) is 49.9 Å². The molecule has 28 heavy (non-hydrogen) atoms. The molecular weight excluding hydrogens is 387 g/mol. The number of nitrogens with zero attached hydrogens (tertiary/aromatic N) is 2. The fourth-order valence-electron chi connectivity index (χ4n) is 2.73. The van der Waals surface area contributed by atoms with E-state index in [9.17, 15) is 9.59 Å². The molecule has 0 saturated heterocycles. The Balaban J connectivity index is 0.00000210. The number of anilines is 4. The van der Waals surface area contributed by atoms with Crippen LogP contribution in [0.2, 0.25) is 0 Å². The largest absolute Gasteiger partial charge is 1.00 e. The summed E-state index contributed by atoms with van der Waals surface area (Å²) in [5.41, 5.74) is 4.00. The molecule has 1 aliphatic rings. The van der Waals surface area contributed by atoms with Gasteiger partial charge in [-0.1, -0.05) is 11.8 Å². The average molecular weight is 410 g/mol. The van der Waals surface area contributed by atoms with Crippen LogP contribution < -0.4 is 50.0 Å². The smallest absolute Gasteiger partial charge is 1.00 e. The van der Waals surface area contributed by atoms with Gasteiger partial charge >= 0.3 is 35.5 Å². The molecule has 0 bridgehead atoms. The van der Waals surface area contributed by atoms with Crippen molar-refractivity contribution in [1.82, 2.24) is 5.32 Å². The Bertz CT molecular complexity index is 925. The number of amides is 1. The third-order valence-corrected chi connectivity index (χ3v) is 5.31. The second-order valence-electron chi connectivity index (χ2n) is 6.64. The van der Waals surface area contributed by atoms with Crippen molar-refractivity contribution < 1.29 is 45.7 Å². The van der Waals surface area contributed by atoms with Gasteiger partial charge in [0.1, 0.15) is 6.54 Å². The number of fused-ring (bicyclic) bond motifs is 2. The van der Waals surface area contributed by atoms with Crippen LogP contribution in [0.4, 0.5) is 22.7 Å². The molecule has 0 spiro atoms. The maximum Gasteiger partial charge on any atom is 1.00 e. The molecule has 3 N–H and O–H groups in total. The van der Waals surface area contributed by atoms with Crippen LogP contribution in [0.25, 0.3) is 0 Å². The van der Waals surface area contributed by atoms with E-state index in [1.165, 1.54) is 0 Å². The summed E-state index contributed by atoms with van der Waals surface area (Å²) in [6.45, 7) is -0.421. The normalized spacial score (nSPS) is 11.3. The van der Waals surface area contributed by atoms with Crippen molar-refractivity contribution in [2.24, 2.45) is 0 Å². The monoisotopic (exact) mass is 410 g/mol. The minimum atomic E-state index is -1.08. The molecule has 9 heteroatoms. The van der Waals surface area contributed by atoms with E-state index in [-0.39, 0.29) is 31.0 Å². The molecule has 0 radical (unpaired) electrons. The standard InChI is InChI=1S/C19H22N4O3S.Na.H/c1-22(2)11-5-6-14-15(8-11)27-16-9-12(23(3)4)7-13(18(16)21-14)19(26)20-10-17(24)25;;/h5-9,21H,10H2,1-4H3,(H,20,26)(H,24,25);;/q;+1;-1. The molecular formula is C19H23N4NaO3S. The molecule has 1 heterocycles. The summed E-state index contributed by atoms with van der Waals surface area (Å²) >= 11 is 1.59. The van der Waals surface area contributed by atoms with E-state index in [2.05, 4.69) is 16.7 Å². The van der Waals surface area contributed by atoms with Crippen molar-refractivity contribution in [3.8, 4) is 0 Å². The summed E-state index contributed by atoms with van der Waals surface area (Å²) in [7, 11) is 7.79. The van der Waals surface area contributed by atoms with Crippen LogP contribution in [0.15, 0.2) is 40.1 Å². The summed E-state index contributed by atoms with van der Waals surface area (Å²) in [5, 5.41) is 14.6. The van der Waals surface area contributed by atoms with Gasteiger partial charge in [0.2, 0.25) is 0 Å². The first-order valence-electron chi connectivity index (χ1n) is 8.38. The third-order valence-electron chi connectivity index (χ3n) is 4.21. The molecule has 0 saturated carbocycles. The number of carboxylic acid groups (broad SMARTS) is 1. The Hall–Kier alpha value is -1.87. The number of hydrogen-bond donors (Lipinski definition) is 3. The first-order valence-corrected chi connectivity index (χ1v) is 9.19. The topological polar surface area (TPSA) is 84.9 Å². The number of carbonyl (C=O) groups is 2. The van der Waals surface area contributed by atoms with E-state index in [1.54, 1.807) is 17.8 Å². The van der Waals surface area contributed by atoms with Gasteiger partial charge in [0, 0.05) is 49.4 Å². The fraction of sp³-hybridized carbons (Fsp3) is 0.263. The number of rotatable bonds is 5. The van der Waals surface area contributed by atoms with E-state index in [0.717, 1.165) is 26.9 Å². The molecule has 0 fully saturated rings. The summed E-state index contributed by atoms with van der Waals surface area (Å²) < 4.78 is 0. The van der Waals surface area contributed by atoms with Crippen LogP contribution in [-0.4, -0.2) is 51.7 Å². The second-order valence-corrected chi connectivity index (χ2v) is 7.72. The molecule has 3 rings (SSSR count). The molecule has 2 aromatic carbocycles. The summed E-state index contributed by atoms with van der Waals surface area (Å²) in [4.78, 5) is 29.4. The predicted octanol–water partition coefficient (Wildman–Crippen LogP) is -0.0423. The van der Waals surface area contributed by atoms with Crippen LogP contribution in [-0.2, 0) is 4.79 Å². The third kappa shape index (κ3) is 4.75. The molecule has 0 aromatic heterocycles. The van der Waals surface area contributed by atoms with Gasteiger partial charge in [0.05, 0.1) is 16.9 Å². The van der Waals surface area contributed by atoms with Gasteiger partial charge in [0.25, 0.3) is 5.91 Å². The van der Waals surface area contributed by atoms with Crippen LogP contribution >= 0.6 is 11.8 Å². The Morgan fingerprint density at radius 2 is 1.71 bits per heavy atom. The minimum absolute atomic E-state index is 0. The van der Waals surface area contributed by atoms with Gasteiger partial charge < -0.3 is 27.0 Å². The van der Waals surface area contributed by atoms with Gasteiger partial charge in [0.15, 0.2) is 0 Å². The maximum atomic E-state index is 12.6. The van der Waals surface area contributed by atoms with Crippen molar-refractivity contribution in [1.29, 1.82) is 0 Å². The van der Waals surface area contributed by atoms with Crippen LogP contribution in [0.3, 0.4) is 0 Å². The second kappa shape index (κ2) is 9.09. The number of carbonyl (C=O) groups excluding carboxylic acids is 1. The zero-order valence-corrected chi connectivity index (χ0v) is 19.5. The van der Waals surface area contributed by atoms with Crippen molar-refractivity contribution in [3.63, 3.8) is 0 Å². The van der Waals surface area contributed by atoms with Gasteiger partial charge in [-0.15, -0.1) is 0 Å². The average Bonchev–Trinajstić information content (AvgIpc) is 2.62. The first-order chi connectivity index (χ1) is 12.8. The van der Waals surface area contributed by atoms with E-state index in [1.807, 2.05) is 56.2 Å². The van der Waals surface area contributed by atoms with E-state index < -0.39 is 18.4 Å². The molecule has 0 aliphatic carbocycles. The summed E-state index contributed by atoms with van der Waals surface area (Å²) in [6.07, 6.45) is 0. The minimum Gasteiger partial charge on any atom is -1.00 e. The molecule has 144 valence electrons. The van der Waals surface area contributed by atoms with E-state index >= 15 is 0 Å². The first kappa shape index (κ1) is 22.4. The molecule has 2 aromatic rings. The summed E-state index contributed by atoms with van der Waals surface area (Å²) in [5.74, 6) is -1.50. The number of benzene rings is 2. The zero-order valence-electron chi connectivity index (χ0n) is 17.7. The predicted molar refractivity (Wildman–Crippen MR) is 110 cm³/mol. The van der Waals surface area contributed by atoms with E-state index in [0.29, 0.717) is 11.3 Å². The number of carboxylic acids is 1. The molecule has 1 amide bonds. The summed E-state index contributed by atoms with van der Waals surface area (Å²) in [6, 6.07) is 9.88. The number of nitrogens with one attached hydrogen (secondary N) is 2. The van der Waals surface area contributed by atoms with Crippen molar-refractivity contribution in [2.45, 2.75) is 9.79 Å². The Morgan fingerprint density at radius 1 is 1.07 bits per heavy atom. The Kier molecular flexibility index (Phi) is 7.28. The van der Waals surface area contributed by atoms with Crippen LogP contribution in [0.5, 0.6) is 0 Å². The van der Waals surface area contributed by atoms with Crippen molar-refractivity contribution in [3.05, 3.63) is 35.9 Å². The zero-order chi connectivity index (χ0) is 19.7. The van der Waals surface area contributed by atoms with Gasteiger partial charge in [-0.25, -0.2) is 0 Å². The Labute approximate surface area is 192 Å². The Morgan fingerprint density at radius 3 is 2.32 bits per heavy atom. The van der Waals surface area contributed by atoms with Crippen LogP contribution in [0.1, 0.15) is 11.8 Å². The van der Waals surface area contributed by atoms with Crippen molar-refractivity contribution >= 4 is 46.4 Å². The molecule has 7 nitrogen and oxygen atoms in total. The van der Waals surface area contributed by atoms with Gasteiger partial charge in [-0.05, 0) is 30.3 Å². The molecule has 1 aliphatic heterocycles.